The van der Waals surface area contributed by atoms with Crippen molar-refractivity contribution in [3.05, 3.63) is 66.4 Å². The molecule has 146 valence electrons. The predicted octanol–water partition coefficient (Wildman–Crippen LogP) is 3.97. The molecule has 1 fully saturated rings. The number of carbonyl (C=O) groups is 1. The Morgan fingerprint density at radius 1 is 1.11 bits per heavy atom. The molecule has 2 aromatic carbocycles. The topological polar surface area (TPSA) is 52.5 Å². The minimum atomic E-state index is -0.555. The number of nitrogens with one attached hydrogen (secondary N) is 1. The van der Waals surface area contributed by atoms with Crippen LogP contribution in [-0.4, -0.2) is 37.4 Å². The molecule has 5 heteroatoms. The standard InChI is InChI=1S/C23H26N2O3/c1-27-17-14-25-13-10-19-20(8-5-9-21(19)25)24-22(26)23(11-15-28-16-12-23)18-6-3-2-4-7-18/h2-10,13H,11-12,14-17H2,1H3,(H,24,26). The smallest absolute Gasteiger partial charge is 0.235 e. The Morgan fingerprint density at radius 3 is 2.64 bits per heavy atom. The molecule has 1 amide bonds. The Balaban J connectivity index is 1.66. The summed E-state index contributed by atoms with van der Waals surface area (Å²) >= 11 is 0. The predicted molar refractivity (Wildman–Crippen MR) is 111 cm³/mol. The van der Waals surface area contributed by atoms with Crippen LogP contribution in [0.1, 0.15) is 18.4 Å². The van der Waals surface area contributed by atoms with Gasteiger partial charge in [0.15, 0.2) is 0 Å². The number of carbonyl (C=O) groups excluding carboxylic acids is 1. The molecule has 0 unspecified atom stereocenters. The molecule has 0 spiro atoms. The van der Waals surface area contributed by atoms with E-state index in [9.17, 15) is 4.79 Å². The van der Waals surface area contributed by atoms with E-state index in [4.69, 9.17) is 9.47 Å². The van der Waals surface area contributed by atoms with Crippen LogP contribution in [0.5, 0.6) is 0 Å². The van der Waals surface area contributed by atoms with Gasteiger partial charge in [-0.15, -0.1) is 0 Å². The zero-order chi connectivity index (χ0) is 19.4. The zero-order valence-corrected chi connectivity index (χ0v) is 16.2. The van der Waals surface area contributed by atoms with Gasteiger partial charge in [-0.2, -0.15) is 0 Å². The second-order valence-corrected chi connectivity index (χ2v) is 7.25. The summed E-state index contributed by atoms with van der Waals surface area (Å²) in [5.41, 5.74) is 2.44. The Morgan fingerprint density at radius 2 is 1.89 bits per heavy atom. The van der Waals surface area contributed by atoms with E-state index >= 15 is 0 Å². The van der Waals surface area contributed by atoms with E-state index in [1.54, 1.807) is 7.11 Å². The fourth-order valence-corrected chi connectivity index (χ4v) is 4.08. The lowest BCUT2D eigenvalue weighted by atomic mass is 9.73. The highest BCUT2D eigenvalue weighted by Crippen LogP contribution is 2.37. The normalized spacial score (nSPS) is 16.2. The van der Waals surface area contributed by atoms with Crippen LogP contribution in [0, 0.1) is 0 Å². The van der Waals surface area contributed by atoms with Crippen LogP contribution in [0.3, 0.4) is 0 Å². The molecule has 0 saturated carbocycles. The van der Waals surface area contributed by atoms with E-state index in [0.717, 1.165) is 28.7 Å². The van der Waals surface area contributed by atoms with E-state index in [1.807, 2.05) is 48.7 Å². The van der Waals surface area contributed by atoms with Crippen LogP contribution in [0.25, 0.3) is 10.9 Å². The van der Waals surface area contributed by atoms with Gasteiger partial charge in [0.2, 0.25) is 5.91 Å². The van der Waals surface area contributed by atoms with Crippen molar-refractivity contribution in [2.24, 2.45) is 0 Å². The minimum Gasteiger partial charge on any atom is -0.383 e. The quantitative estimate of drug-likeness (QED) is 0.706. The van der Waals surface area contributed by atoms with Gasteiger partial charge in [0.1, 0.15) is 0 Å². The summed E-state index contributed by atoms with van der Waals surface area (Å²) in [6.45, 7) is 2.62. The SMILES string of the molecule is COCCn1ccc2c(NC(=O)C3(c4ccccc4)CCOCC3)cccc21. The molecular weight excluding hydrogens is 352 g/mol. The van der Waals surface area contributed by atoms with Crippen molar-refractivity contribution in [3.8, 4) is 0 Å². The number of ether oxygens (including phenoxy) is 2. The number of rotatable bonds is 6. The van der Waals surface area contributed by atoms with Crippen molar-refractivity contribution >= 4 is 22.5 Å². The third kappa shape index (κ3) is 3.43. The van der Waals surface area contributed by atoms with Crippen molar-refractivity contribution in [3.63, 3.8) is 0 Å². The van der Waals surface area contributed by atoms with Crippen LogP contribution >= 0.6 is 0 Å². The molecule has 3 aromatic rings. The van der Waals surface area contributed by atoms with Crippen molar-refractivity contribution in [1.82, 2.24) is 4.57 Å². The highest BCUT2D eigenvalue weighted by molar-refractivity contribution is 6.05. The Hall–Kier alpha value is -2.63. The summed E-state index contributed by atoms with van der Waals surface area (Å²) < 4.78 is 12.9. The minimum absolute atomic E-state index is 0.0409. The first kappa shape index (κ1) is 18.7. The molecule has 0 radical (unpaired) electrons. The van der Waals surface area contributed by atoms with Crippen molar-refractivity contribution in [1.29, 1.82) is 0 Å². The summed E-state index contributed by atoms with van der Waals surface area (Å²) in [6.07, 6.45) is 3.42. The van der Waals surface area contributed by atoms with E-state index in [1.165, 1.54) is 0 Å². The van der Waals surface area contributed by atoms with Gasteiger partial charge in [-0.1, -0.05) is 36.4 Å². The average Bonchev–Trinajstić information content (AvgIpc) is 3.17. The number of methoxy groups -OCH3 is 1. The van der Waals surface area contributed by atoms with Crippen LogP contribution in [0.2, 0.25) is 0 Å². The molecule has 1 saturated heterocycles. The van der Waals surface area contributed by atoms with E-state index in [0.29, 0.717) is 32.7 Å². The summed E-state index contributed by atoms with van der Waals surface area (Å²) in [6, 6.07) is 18.2. The molecule has 1 aliphatic heterocycles. The van der Waals surface area contributed by atoms with Crippen molar-refractivity contribution in [2.75, 3.05) is 32.2 Å². The van der Waals surface area contributed by atoms with Crippen LogP contribution in [0.15, 0.2) is 60.8 Å². The monoisotopic (exact) mass is 378 g/mol. The first-order valence-corrected chi connectivity index (χ1v) is 9.76. The number of aromatic nitrogens is 1. The number of nitrogens with zero attached hydrogens (tertiary/aromatic N) is 1. The van der Waals surface area contributed by atoms with Gasteiger partial charge in [-0.3, -0.25) is 4.79 Å². The summed E-state index contributed by atoms with van der Waals surface area (Å²) in [5.74, 6) is 0.0409. The van der Waals surface area contributed by atoms with E-state index in [2.05, 4.69) is 22.0 Å². The fourth-order valence-electron chi connectivity index (χ4n) is 4.08. The lowest BCUT2D eigenvalue weighted by molar-refractivity contribution is -0.125. The second-order valence-electron chi connectivity index (χ2n) is 7.25. The average molecular weight is 378 g/mol. The fraction of sp³-hybridized carbons (Fsp3) is 0.348. The van der Waals surface area contributed by atoms with Crippen molar-refractivity contribution in [2.45, 2.75) is 24.8 Å². The maximum absolute atomic E-state index is 13.5. The molecular formula is C23H26N2O3. The van der Waals surface area contributed by atoms with Gasteiger partial charge >= 0.3 is 0 Å². The molecule has 1 aromatic heterocycles. The molecule has 4 rings (SSSR count). The summed E-state index contributed by atoms with van der Waals surface area (Å²) in [4.78, 5) is 13.5. The zero-order valence-electron chi connectivity index (χ0n) is 16.2. The summed E-state index contributed by atoms with van der Waals surface area (Å²) in [5, 5.41) is 4.27. The number of amides is 1. The third-order valence-electron chi connectivity index (χ3n) is 5.71. The van der Waals surface area contributed by atoms with E-state index in [-0.39, 0.29) is 5.91 Å². The number of fused-ring (bicyclic) bond motifs is 1. The number of anilines is 1. The molecule has 2 heterocycles. The van der Waals surface area contributed by atoms with Gasteiger partial charge in [-0.05, 0) is 36.6 Å². The third-order valence-corrected chi connectivity index (χ3v) is 5.71. The Kier molecular flexibility index (Phi) is 5.46. The maximum Gasteiger partial charge on any atom is 0.235 e. The van der Waals surface area contributed by atoms with Gasteiger partial charge < -0.3 is 19.4 Å². The van der Waals surface area contributed by atoms with Gasteiger partial charge in [0.05, 0.1) is 23.2 Å². The molecule has 28 heavy (non-hydrogen) atoms. The van der Waals surface area contributed by atoms with E-state index < -0.39 is 5.41 Å². The Labute approximate surface area is 165 Å². The van der Waals surface area contributed by atoms with Gasteiger partial charge in [-0.25, -0.2) is 0 Å². The summed E-state index contributed by atoms with van der Waals surface area (Å²) in [7, 11) is 1.70. The van der Waals surface area contributed by atoms with Crippen molar-refractivity contribution < 1.29 is 14.3 Å². The van der Waals surface area contributed by atoms with Crippen LogP contribution in [0.4, 0.5) is 5.69 Å². The first-order chi connectivity index (χ1) is 13.7. The number of hydrogen-bond acceptors (Lipinski definition) is 3. The molecule has 0 aliphatic carbocycles. The lowest BCUT2D eigenvalue weighted by Gasteiger charge is -2.36. The van der Waals surface area contributed by atoms with Gasteiger partial charge in [0, 0.05) is 38.5 Å². The first-order valence-electron chi connectivity index (χ1n) is 9.76. The number of benzene rings is 2. The Bertz CT molecular complexity index is 943. The largest absolute Gasteiger partial charge is 0.383 e. The van der Waals surface area contributed by atoms with Crippen LogP contribution < -0.4 is 5.32 Å². The highest BCUT2D eigenvalue weighted by atomic mass is 16.5. The molecule has 1 N–H and O–H groups in total. The second kappa shape index (κ2) is 8.17. The molecule has 0 atom stereocenters. The maximum atomic E-state index is 13.5. The molecule has 5 nitrogen and oxygen atoms in total. The van der Waals surface area contributed by atoms with Crippen LogP contribution in [-0.2, 0) is 26.2 Å². The number of hydrogen-bond donors (Lipinski definition) is 1. The van der Waals surface area contributed by atoms with Gasteiger partial charge in [0.25, 0.3) is 0 Å². The molecule has 0 bridgehead atoms. The molecule has 1 aliphatic rings. The lowest BCUT2D eigenvalue weighted by Crippen LogP contribution is -2.44. The highest BCUT2D eigenvalue weighted by Gasteiger charge is 2.41.